The number of hydrogen-bond donors (Lipinski definition) is 0. The fourth-order valence-corrected chi connectivity index (χ4v) is 3.90. The molecular weight excluding hydrogens is 384 g/mol. The Hall–Kier alpha value is -2.40. The van der Waals surface area contributed by atoms with E-state index in [1.54, 1.807) is 37.8 Å². The summed E-state index contributed by atoms with van der Waals surface area (Å²) in [6.45, 7) is 5.76. The van der Waals surface area contributed by atoms with Gasteiger partial charge in [-0.25, -0.2) is 0 Å². The van der Waals surface area contributed by atoms with Crippen LogP contribution in [0.15, 0.2) is 48.5 Å². The molecule has 2 aromatic rings. The summed E-state index contributed by atoms with van der Waals surface area (Å²) < 4.78 is 5.69. The van der Waals surface area contributed by atoms with Gasteiger partial charge in [0, 0.05) is 12.6 Å². The van der Waals surface area contributed by atoms with Crippen molar-refractivity contribution in [1.29, 1.82) is 0 Å². The van der Waals surface area contributed by atoms with Crippen LogP contribution in [0.5, 0.6) is 5.75 Å². The topological polar surface area (TPSA) is 55.6 Å². The first kappa shape index (κ1) is 23.3. The zero-order valence-corrected chi connectivity index (χ0v) is 18.0. The first-order valence-corrected chi connectivity index (χ1v) is 10.1. The van der Waals surface area contributed by atoms with Gasteiger partial charge in [0.25, 0.3) is 0 Å². The van der Waals surface area contributed by atoms with Crippen molar-refractivity contribution in [3.8, 4) is 5.75 Å². The average molecular weight is 406 g/mol. The van der Waals surface area contributed by atoms with Gasteiger partial charge in [0.15, 0.2) is 5.75 Å². The Balaban J connectivity index is 2.05. The summed E-state index contributed by atoms with van der Waals surface area (Å²) in [6, 6.07) is 12.8. The first-order valence-electron chi connectivity index (χ1n) is 10.1. The van der Waals surface area contributed by atoms with Crippen LogP contribution in [-0.4, -0.2) is 58.0 Å². The normalized spacial score (nSPS) is 17.9. The Morgan fingerprint density at radius 3 is 2.35 bits per heavy atom. The molecule has 0 bridgehead atoms. The van der Waals surface area contributed by atoms with Gasteiger partial charge in [-0.05, 0) is 66.2 Å². The van der Waals surface area contributed by atoms with Gasteiger partial charge in [0.05, 0.1) is 42.4 Å². The van der Waals surface area contributed by atoms with Crippen molar-refractivity contribution >= 4 is 42.6 Å². The molecule has 1 aliphatic heterocycles. The highest BCUT2D eigenvalue weighted by atomic mass is 16.6. The highest BCUT2D eigenvalue weighted by Gasteiger charge is 2.40. The summed E-state index contributed by atoms with van der Waals surface area (Å²) in [6.07, 6.45) is 1.72. The minimum atomic E-state index is -1.43. The zero-order valence-electron chi connectivity index (χ0n) is 18.0. The molecule has 0 aromatic heterocycles. The molecule has 0 fully saturated rings. The van der Waals surface area contributed by atoms with Crippen LogP contribution in [0.3, 0.4) is 0 Å². The van der Waals surface area contributed by atoms with Crippen LogP contribution in [0.2, 0.25) is 0 Å². The Labute approximate surface area is 189 Å². The lowest BCUT2D eigenvalue weighted by Crippen LogP contribution is -2.63. The molecule has 8 radical (unpaired) electrons. The van der Waals surface area contributed by atoms with Crippen molar-refractivity contribution < 1.29 is 9.66 Å². The van der Waals surface area contributed by atoms with Gasteiger partial charge in [-0.2, -0.15) is 0 Å². The third kappa shape index (κ3) is 5.09. The van der Waals surface area contributed by atoms with E-state index in [-0.39, 0.29) is 24.0 Å². The fourth-order valence-electron chi connectivity index (χ4n) is 3.90. The SMILES string of the molecule is [B]C1([B])C=C(c2cc(OC(C)C)c([N+](=O)[O-])cc2C)CC([B])([B])N1Cc1ccccc1. The molecule has 31 heavy (non-hydrogen) atoms. The monoisotopic (exact) mass is 406 g/mol. The molecule has 150 valence electrons. The van der Waals surface area contributed by atoms with E-state index in [9.17, 15) is 10.1 Å². The first-order chi connectivity index (χ1) is 14.4. The van der Waals surface area contributed by atoms with Crippen LogP contribution in [0, 0.1) is 17.0 Å². The summed E-state index contributed by atoms with van der Waals surface area (Å²) in [5, 5.41) is 8.72. The van der Waals surface area contributed by atoms with E-state index < -0.39 is 15.6 Å². The van der Waals surface area contributed by atoms with Crippen molar-refractivity contribution in [2.24, 2.45) is 0 Å². The van der Waals surface area contributed by atoms with Gasteiger partial charge < -0.3 is 9.64 Å². The van der Waals surface area contributed by atoms with Gasteiger partial charge in [-0.1, -0.05) is 36.4 Å². The molecule has 1 heterocycles. The Kier molecular flexibility index (Phi) is 6.47. The molecule has 0 aliphatic carbocycles. The van der Waals surface area contributed by atoms with Crippen molar-refractivity contribution in [3.05, 3.63) is 75.3 Å². The van der Waals surface area contributed by atoms with Gasteiger partial charge in [-0.15, -0.1) is 0 Å². The van der Waals surface area contributed by atoms with Gasteiger partial charge >= 0.3 is 5.69 Å². The predicted molar refractivity (Wildman–Crippen MR) is 127 cm³/mol. The summed E-state index contributed by atoms with van der Waals surface area (Å²) in [4.78, 5) is 12.7. The Bertz CT molecular complexity index is 1010. The lowest BCUT2D eigenvalue weighted by atomic mass is 9.47. The number of aryl methyl sites for hydroxylation is 1. The molecule has 0 spiro atoms. The standard InChI is InChI=1S/C22H22B4N2O3/c1-14(2)31-20-10-18(15(3)9-19(20)28(29)30)17-11-21(23,24)27(22(25,26)12-17)13-16-7-5-4-6-8-16/h4-11,14H,12-13H2,1-3H3. The predicted octanol–water partition coefficient (Wildman–Crippen LogP) is 2.96. The Morgan fingerprint density at radius 1 is 1.16 bits per heavy atom. The van der Waals surface area contributed by atoms with Crippen LogP contribution >= 0.6 is 0 Å². The number of rotatable bonds is 6. The van der Waals surface area contributed by atoms with Crippen LogP contribution in [0.4, 0.5) is 5.69 Å². The Morgan fingerprint density at radius 2 is 1.81 bits per heavy atom. The van der Waals surface area contributed by atoms with Crippen molar-refractivity contribution in [1.82, 2.24) is 4.90 Å². The maximum atomic E-state index is 11.5. The second-order valence-electron chi connectivity index (χ2n) is 8.36. The molecule has 0 unspecified atom stereocenters. The van der Waals surface area contributed by atoms with Crippen LogP contribution in [0.25, 0.3) is 5.57 Å². The highest BCUT2D eigenvalue weighted by Crippen LogP contribution is 2.41. The molecule has 9 heteroatoms. The molecule has 0 amide bonds. The third-order valence-electron chi connectivity index (χ3n) is 5.24. The van der Waals surface area contributed by atoms with E-state index in [0.717, 1.165) is 5.56 Å². The van der Waals surface area contributed by atoms with E-state index in [1.807, 2.05) is 30.3 Å². The average Bonchev–Trinajstić information content (AvgIpc) is 2.65. The molecule has 0 saturated heterocycles. The van der Waals surface area contributed by atoms with Gasteiger partial charge in [0.1, 0.15) is 0 Å². The van der Waals surface area contributed by atoms with Crippen molar-refractivity contribution in [3.63, 3.8) is 0 Å². The minimum Gasteiger partial charge on any atom is -0.484 e. The van der Waals surface area contributed by atoms with E-state index >= 15 is 0 Å². The summed E-state index contributed by atoms with van der Waals surface area (Å²) in [7, 11) is 25.9. The molecule has 0 atom stereocenters. The van der Waals surface area contributed by atoms with Crippen molar-refractivity contribution in [2.45, 2.75) is 50.5 Å². The van der Waals surface area contributed by atoms with Crippen LogP contribution in [0.1, 0.15) is 37.0 Å². The van der Waals surface area contributed by atoms with Crippen molar-refractivity contribution in [2.75, 3.05) is 0 Å². The quantitative estimate of drug-likeness (QED) is 0.421. The second kappa shape index (κ2) is 8.62. The molecule has 1 aliphatic rings. The fraction of sp³-hybridized carbons (Fsp3) is 0.364. The molecule has 5 nitrogen and oxygen atoms in total. The summed E-state index contributed by atoms with van der Waals surface area (Å²) in [5.41, 5.74) is 2.97. The van der Waals surface area contributed by atoms with Crippen LogP contribution in [-0.2, 0) is 6.54 Å². The molecule has 0 N–H and O–H groups in total. The second-order valence-corrected chi connectivity index (χ2v) is 8.36. The number of hydrogen-bond acceptors (Lipinski definition) is 4. The number of nitrogens with zero attached hydrogens (tertiary/aromatic N) is 2. The van der Waals surface area contributed by atoms with Gasteiger partial charge in [0.2, 0.25) is 0 Å². The smallest absolute Gasteiger partial charge is 0.311 e. The number of nitro groups is 1. The number of benzene rings is 2. The van der Waals surface area contributed by atoms with E-state index in [2.05, 4.69) is 0 Å². The molecule has 3 rings (SSSR count). The maximum Gasteiger partial charge on any atom is 0.311 e. The maximum absolute atomic E-state index is 11.5. The largest absolute Gasteiger partial charge is 0.484 e. The number of nitro benzene ring substituents is 1. The van der Waals surface area contributed by atoms with Gasteiger partial charge in [-0.3, -0.25) is 10.1 Å². The molecule has 0 saturated carbocycles. The minimum absolute atomic E-state index is 0.101. The third-order valence-corrected chi connectivity index (χ3v) is 5.24. The highest BCUT2D eigenvalue weighted by molar-refractivity contribution is 6.46. The molecule has 2 aromatic carbocycles. The summed E-state index contributed by atoms with van der Waals surface area (Å²) >= 11 is 0. The van der Waals surface area contributed by atoms with E-state index in [0.29, 0.717) is 23.2 Å². The summed E-state index contributed by atoms with van der Waals surface area (Å²) in [5.74, 6) is 0.174. The zero-order chi connectivity index (χ0) is 23.0. The molecular formula is C22H22B4N2O3. The van der Waals surface area contributed by atoms with E-state index in [1.165, 1.54) is 6.07 Å². The lowest BCUT2D eigenvalue weighted by molar-refractivity contribution is -0.386. The van der Waals surface area contributed by atoms with Crippen LogP contribution < -0.4 is 4.74 Å². The number of ether oxygens (including phenoxy) is 1. The van der Waals surface area contributed by atoms with E-state index in [4.69, 9.17) is 36.1 Å². The lowest BCUT2D eigenvalue weighted by Gasteiger charge is -2.54.